The Kier molecular flexibility index (Phi) is 7.69. The Morgan fingerprint density at radius 1 is 0.771 bits per heavy atom. The molecule has 0 aliphatic carbocycles. The number of aryl methyl sites for hydroxylation is 1. The van der Waals surface area contributed by atoms with Crippen LogP contribution in [-0.2, 0) is 6.54 Å². The zero-order valence-corrected chi connectivity index (χ0v) is 20.6. The average molecular weight is 466 g/mol. The van der Waals surface area contributed by atoms with Gasteiger partial charge in [-0.25, -0.2) is 4.68 Å². The summed E-state index contributed by atoms with van der Waals surface area (Å²) in [6.07, 6.45) is 0. The van der Waals surface area contributed by atoms with Gasteiger partial charge in [-0.3, -0.25) is 9.80 Å². The van der Waals surface area contributed by atoms with Gasteiger partial charge in [-0.1, -0.05) is 78.9 Å². The number of piperazine rings is 1. The fourth-order valence-electron chi connectivity index (χ4n) is 5.04. The molecule has 1 saturated heterocycles. The maximum atomic E-state index is 4.79. The fourth-order valence-corrected chi connectivity index (χ4v) is 5.04. The smallest absolute Gasteiger partial charge is 0.0769 e. The topological polar surface area (TPSA) is 36.3 Å². The highest BCUT2D eigenvalue weighted by molar-refractivity contribution is 5.33. The van der Waals surface area contributed by atoms with Crippen molar-refractivity contribution in [2.45, 2.75) is 19.5 Å². The highest BCUT2D eigenvalue weighted by Gasteiger charge is 2.26. The van der Waals surface area contributed by atoms with Gasteiger partial charge in [-0.05, 0) is 36.2 Å². The molecule has 35 heavy (non-hydrogen) atoms. The van der Waals surface area contributed by atoms with E-state index < -0.39 is 0 Å². The van der Waals surface area contributed by atoms with Crippen LogP contribution in [0, 0.1) is 6.92 Å². The van der Waals surface area contributed by atoms with Gasteiger partial charge in [0.2, 0.25) is 0 Å². The van der Waals surface area contributed by atoms with Crippen molar-refractivity contribution in [3.05, 3.63) is 120 Å². The lowest BCUT2D eigenvalue weighted by Crippen LogP contribution is -2.49. The molecule has 5 heteroatoms. The lowest BCUT2D eigenvalue weighted by Gasteiger charge is -2.39. The molecule has 1 N–H and O–H groups in total. The van der Waals surface area contributed by atoms with Gasteiger partial charge in [0.05, 0.1) is 17.4 Å². The van der Waals surface area contributed by atoms with Crippen LogP contribution in [0.4, 0.5) is 0 Å². The number of para-hydroxylation sites is 1. The predicted molar refractivity (Wildman–Crippen MR) is 143 cm³/mol. The standard InChI is InChI=1S/C30H35N5/c1-25-23-28(32-35(25)29-15-9-4-10-16-29)24-31-17-18-33-19-21-34(22-20-33)30(26-11-5-2-6-12-26)27-13-7-3-8-14-27/h2-16,23,30-31H,17-22,24H2,1H3. The number of nitrogens with one attached hydrogen (secondary N) is 1. The lowest BCUT2D eigenvalue weighted by molar-refractivity contribution is 0.110. The number of nitrogens with zero attached hydrogens (tertiary/aromatic N) is 4. The van der Waals surface area contributed by atoms with Crippen molar-refractivity contribution < 1.29 is 0 Å². The first-order chi connectivity index (χ1) is 17.3. The van der Waals surface area contributed by atoms with Crippen LogP contribution in [0.25, 0.3) is 5.69 Å². The van der Waals surface area contributed by atoms with Crippen LogP contribution in [0.1, 0.15) is 28.6 Å². The molecule has 0 bridgehead atoms. The summed E-state index contributed by atoms with van der Waals surface area (Å²) in [4.78, 5) is 5.21. The molecule has 4 aromatic rings. The van der Waals surface area contributed by atoms with Crippen molar-refractivity contribution in [3.63, 3.8) is 0 Å². The van der Waals surface area contributed by atoms with Crippen LogP contribution in [0.2, 0.25) is 0 Å². The van der Waals surface area contributed by atoms with Crippen LogP contribution < -0.4 is 5.32 Å². The first kappa shape index (κ1) is 23.5. The van der Waals surface area contributed by atoms with E-state index in [1.165, 1.54) is 11.1 Å². The first-order valence-electron chi connectivity index (χ1n) is 12.7. The highest BCUT2D eigenvalue weighted by Crippen LogP contribution is 2.29. The van der Waals surface area contributed by atoms with E-state index in [4.69, 9.17) is 5.10 Å². The summed E-state index contributed by atoms with van der Waals surface area (Å²) < 4.78 is 2.02. The minimum atomic E-state index is 0.320. The quantitative estimate of drug-likeness (QED) is 0.364. The van der Waals surface area contributed by atoms with Gasteiger partial charge in [0.15, 0.2) is 0 Å². The van der Waals surface area contributed by atoms with Crippen molar-refractivity contribution in [2.24, 2.45) is 0 Å². The number of benzene rings is 3. The van der Waals surface area contributed by atoms with Gasteiger partial charge in [0.1, 0.15) is 0 Å². The Bertz CT molecular complexity index is 1130. The number of hydrogen-bond donors (Lipinski definition) is 1. The molecule has 1 aliphatic rings. The maximum absolute atomic E-state index is 4.79. The lowest BCUT2D eigenvalue weighted by atomic mass is 9.96. The van der Waals surface area contributed by atoms with Crippen molar-refractivity contribution in [1.82, 2.24) is 24.9 Å². The molecule has 1 aliphatic heterocycles. The van der Waals surface area contributed by atoms with E-state index >= 15 is 0 Å². The molecular weight excluding hydrogens is 430 g/mol. The minimum absolute atomic E-state index is 0.320. The molecule has 1 aromatic heterocycles. The van der Waals surface area contributed by atoms with Crippen LogP contribution in [0.5, 0.6) is 0 Å². The van der Waals surface area contributed by atoms with Gasteiger partial charge in [0, 0.05) is 51.5 Å². The molecule has 0 amide bonds. The Balaban J connectivity index is 1.11. The van der Waals surface area contributed by atoms with E-state index in [0.717, 1.165) is 62.9 Å². The zero-order chi connectivity index (χ0) is 23.9. The zero-order valence-electron chi connectivity index (χ0n) is 20.6. The van der Waals surface area contributed by atoms with Gasteiger partial charge in [0.25, 0.3) is 0 Å². The maximum Gasteiger partial charge on any atom is 0.0769 e. The summed E-state index contributed by atoms with van der Waals surface area (Å²) >= 11 is 0. The molecule has 2 heterocycles. The van der Waals surface area contributed by atoms with E-state index in [-0.39, 0.29) is 0 Å². The number of hydrogen-bond acceptors (Lipinski definition) is 4. The van der Waals surface area contributed by atoms with Crippen LogP contribution in [0.15, 0.2) is 97.1 Å². The number of aromatic nitrogens is 2. The van der Waals surface area contributed by atoms with E-state index in [0.29, 0.717) is 6.04 Å². The second-order valence-corrected chi connectivity index (χ2v) is 9.30. The van der Waals surface area contributed by atoms with E-state index in [1.54, 1.807) is 0 Å². The highest BCUT2D eigenvalue weighted by atomic mass is 15.3. The largest absolute Gasteiger partial charge is 0.310 e. The SMILES string of the molecule is Cc1cc(CNCCN2CCN(C(c3ccccc3)c3ccccc3)CC2)nn1-c1ccccc1. The summed E-state index contributed by atoms with van der Waals surface area (Å²) in [5, 5.41) is 8.38. The fraction of sp³-hybridized carbons (Fsp3) is 0.300. The summed E-state index contributed by atoms with van der Waals surface area (Å²) in [5.41, 5.74) is 6.11. The molecule has 0 spiro atoms. The Morgan fingerprint density at radius 3 is 1.94 bits per heavy atom. The third-order valence-corrected chi connectivity index (χ3v) is 6.85. The molecule has 3 aromatic carbocycles. The predicted octanol–water partition coefficient (Wildman–Crippen LogP) is 4.68. The molecule has 180 valence electrons. The van der Waals surface area contributed by atoms with Gasteiger partial charge in [-0.2, -0.15) is 5.10 Å². The van der Waals surface area contributed by atoms with Crippen LogP contribution >= 0.6 is 0 Å². The van der Waals surface area contributed by atoms with Gasteiger partial charge >= 0.3 is 0 Å². The van der Waals surface area contributed by atoms with Crippen LogP contribution in [0.3, 0.4) is 0 Å². The van der Waals surface area contributed by atoms with Crippen molar-refractivity contribution in [1.29, 1.82) is 0 Å². The first-order valence-corrected chi connectivity index (χ1v) is 12.7. The second kappa shape index (κ2) is 11.5. The molecule has 0 radical (unpaired) electrons. The van der Waals surface area contributed by atoms with E-state index in [1.807, 2.05) is 10.7 Å². The minimum Gasteiger partial charge on any atom is -0.310 e. The molecular formula is C30H35N5. The Labute approximate surface area is 209 Å². The molecule has 1 fully saturated rings. The van der Waals surface area contributed by atoms with Crippen molar-refractivity contribution in [2.75, 3.05) is 39.3 Å². The molecule has 5 rings (SSSR count). The Hall–Kier alpha value is -3.25. The van der Waals surface area contributed by atoms with E-state index in [2.05, 4.69) is 113 Å². The molecule has 0 atom stereocenters. The van der Waals surface area contributed by atoms with Gasteiger partial charge in [-0.15, -0.1) is 0 Å². The summed E-state index contributed by atoms with van der Waals surface area (Å²) in [6, 6.07) is 34.7. The molecule has 0 unspecified atom stereocenters. The summed E-state index contributed by atoms with van der Waals surface area (Å²) in [6.45, 7) is 9.29. The van der Waals surface area contributed by atoms with Crippen molar-refractivity contribution in [3.8, 4) is 5.69 Å². The summed E-state index contributed by atoms with van der Waals surface area (Å²) in [5.74, 6) is 0. The molecule has 0 saturated carbocycles. The number of rotatable bonds is 9. The van der Waals surface area contributed by atoms with Gasteiger partial charge < -0.3 is 5.32 Å². The summed E-state index contributed by atoms with van der Waals surface area (Å²) in [7, 11) is 0. The average Bonchev–Trinajstić information content (AvgIpc) is 3.29. The second-order valence-electron chi connectivity index (χ2n) is 9.30. The normalized spacial score (nSPS) is 15.0. The Morgan fingerprint density at radius 2 is 1.34 bits per heavy atom. The molecule has 5 nitrogen and oxygen atoms in total. The third kappa shape index (κ3) is 5.88. The van der Waals surface area contributed by atoms with Crippen molar-refractivity contribution >= 4 is 0 Å². The monoisotopic (exact) mass is 465 g/mol. The van der Waals surface area contributed by atoms with Crippen LogP contribution in [-0.4, -0.2) is 58.8 Å². The van der Waals surface area contributed by atoms with E-state index in [9.17, 15) is 0 Å². The third-order valence-electron chi connectivity index (χ3n) is 6.85.